The summed E-state index contributed by atoms with van der Waals surface area (Å²) in [5, 5.41) is 0. The summed E-state index contributed by atoms with van der Waals surface area (Å²) in [7, 11) is 1.64. The van der Waals surface area contributed by atoms with E-state index in [1.807, 2.05) is 21.1 Å². The molecule has 286 valence electrons. The van der Waals surface area contributed by atoms with Gasteiger partial charge in [-0.15, -0.1) is 0 Å². The molecular weight excluding hydrogens is 637 g/mol. The number of quaternary nitrogens is 1. The van der Waals surface area contributed by atoms with Gasteiger partial charge in [0.15, 0.2) is 0 Å². The third-order valence-electron chi connectivity index (χ3n) is 7.87. The van der Waals surface area contributed by atoms with Gasteiger partial charge in [-0.2, -0.15) is 0 Å². The van der Waals surface area contributed by atoms with Crippen molar-refractivity contribution in [1.29, 1.82) is 0 Å². The normalized spacial score (nSPS) is 14.5. The van der Waals surface area contributed by atoms with E-state index in [0.717, 1.165) is 57.8 Å². The fraction of sp³-hybridized carbons (Fsp3) is 0.775. The number of nitrogens with zero attached hydrogens (tertiary/aromatic N) is 1. The Balaban J connectivity index is 4.37. The molecule has 2 unspecified atom stereocenters. The highest BCUT2D eigenvalue weighted by molar-refractivity contribution is 7.47. The number of carbonyl (C=O) groups excluding carboxylic acids is 1. The lowest BCUT2D eigenvalue weighted by Gasteiger charge is -2.24. The number of likely N-dealkylation sites (N-methyl/N-ethyl adjacent to an activating group) is 1. The summed E-state index contributed by atoms with van der Waals surface area (Å²) in [4.78, 5) is 22.8. The minimum atomic E-state index is -4.28. The minimum Gasteiger partial charge on any atom is -0.457 e. The van der Waals surface area contributed by atoms with Crippen molar-refractivity contribution in [2.45, 2.75) is 148 Å². The number of unbranched alkanes of at least 4 members (excludes halogenated alkanes) is 13. The molecule has 0 rings (SSSR count). The lowest BCUT2D eigenvalue weighted by molar-refractivity contribution is -0.870. The van der Waals surface area contributed by atoms with Gasteiger partial charge in [0.2, 0.25) is 0 Å². The predicted molar refractivity (Wildman–Crippen MR) is 206 cm³/mol. The number of phosphoric ester groups is 1. The summed E-state index contributed by atoms with van der Waals surface area (Å²) in [6.07, 6.45) is 38.5. The molecule has 0 aromatic rings. The highest BCUT2D eigenvalue weighted by Gasteiger charge is 2.26. The van der Waals surface area contributed by atoms with Crippen LogP contribution in [0.2, 0.25) is 0 Å². The van der Waals surface area contributed by atoms with Crippen molar-refractivity contribution >= 4 is 13.8 Å². The van der Waals surface area contributed by atoms with Gasteiger partial charge in [0.05, 0.1) is 34.4 Å². The predicted octanol–water partition coefficient (Wildman–Crippen LogP) is 10.8. The Bertz CT molecular complexity index is 926. The molecular formula is C40H75NO7P+. The highest BCUT2D eigenvalue weighted by Crippen LogP contribution is 2.43. The number of hydrogen-bond donors (Lipinski definition) is 1. The molecule has 0 spiro atoms. The monoisotopic (exact) mass is 713 g/mol. The number of hydrogen-bond acceptors (Lipinski definition) is 6. The van der Waals surface area contributed by atoms with Crippen LogP contribution in [-0.2, 0) is 27.9 Å². The molecule has 9 heteroatoms. The van der Waals surface area contributed by atoms with Crippen LogP contribution >= 0.6 is 7.82 Å². The molecule has 0 heterocycles. The van der Waals surface area contributed by atoms with Crippen molar-refractivity contribution in [3.05, 3.63) is 48.6 Å². The summed E-state index contributed by atoms with van der Waals surface area (Å²) in [5.41, 5.74) is 0. The molecule has 49 heavy (non-hydrogen) atoms. The molecule has 0 amide bonds. The Kier molecular flexibility index (Phi) is 32.5. The van der Waals surface area contributed by atoms with E-state index in [2.05, 4.69) is 62.5 Å². The van der Waals surface area contributed by atoms with Crippen molar-refractivity contribution in [3.8, 4) is 0 Å². The SMILES string of the molecule is CC/C=C\C/C=C\C/C=C\CCCCCC(=O)OC(COCCCCCCCC/C=C\CCCCCC)COP(=O)(O)OCC[N+](C)(C)C. The van der Waals surface area contributed by atoms with Gasteiger partial charge < -0.3 is 18.9 Å². The minimum absolute atomic E-state index is 0.0800. The van der Waals surface area contributed by atoms with Gasteiger partial charge >= 0.3 is 13.8 Å². The number of carbonyl (C=O) groups is 1. The van der Waals surface area contributed by atoms with E-state index in [0.29, 0.717) is 24.1 Å². The fourth-order valence-corrected chi connectivity index (χ4v) is 5.59. The molecule has 0 aromatic carbocycles. The first-order valence-corrected chi connectivity index (χ1v) is 20.9. The van der Waals surface area contributed by atoms with Crippen LogP contribution in [0.1, 0.15) is 142 Å². The standard InChI is InChI=1S/C40H74NO7P/c1-6-8-10-12-14-16-18-20-22-24-26-28-30-32-35-45-37-39(38-47-49(43,44)46-36-34-41(3,4)5)48-40(42)33-31-29-27-25-23-21-19-17-15-13-11-9-7-2/h9,11,15-18,21,23,39H,6-8,10,12-14,19-20,22,24-38H2,1-5H3/p+1/b11-9-,17-15-,18-16-,23-21-. The Morgan fingerprint density at radius 3 is 1.80 bits per heavy atom. The van der Waals surface area contributed by atoms with Crippen LogP contribution in [0.3, 0.4) is 0 Å². The summed E-state index contributed by atoms with van der Waals surface area (Å²) in [6.45, 7) is 5.42. The second-order valence-electron chi connectivity index (χ2n) is 13.9. The molecule has 0 aliphatic heterocycles. The van der Waals surface area contributed by atoms with Gasteiger partial charge in [-0.05, 0) is 70.6 Å². The van der Waals surface area contributed by atoms with E-state index < -0.39 is 13.9 Å². The fourth-order valence-electron chi connectivity index (χ4n) is 4.85. The van der Waals surface area contributed by atoms with Crippen molar-refractivity contribution in [1.82, 2.24) is 0 Å². The molecule has 2 atom stereocenters. The van der Waals surface area contributed by atoms with Crippen molar-refractivity contribution < 1.29 is 37.3 Å². The van der Waals surface area contributed by atoms with E-state index in [-0.39, 0.29) is 25.8 Å². The zero-order chi connectivity index (χ0) is 36.3. The topological polar surface area (TPSA) is 91.3 Å². The maximum atomic E-state index is 12.6. The first-order chi connectivity index (χ1) is 23.6. The lowest BCUT2D eigenvalue weighted by atomic mass is 10.1. The van der Waals surface area contributed by atoms with E-state index in [4.69, 9.17) is 18.5 Å². The summed E-state index contributed by atoms with van der Waals surface area (Å²) < 4.78 is 34.8. The van der Waals surface area contributed by atoms with E-state index in [9.17, 15) is 14.3 Å². The molecule has 0 aliphatic carbocycles. The smallest absolute Gasteiger partial charge is 0.457 e. The van der Waals surface area contributed by atoms with Gasteiger partial charge in [-0.25, -0.2) is 4.57 Å². The number of esters is 1. The van der Waals surface area contributed by atoms with Gasteiger partial charge in [-0.1, -0.05) is 114 Å². The van der Waals surface area contributed by atoms with Crippen LogP contribution in [0.15, 0.2) is 48.6 Å². The quantitative estimate of drug-likeness (QED) is 0.0230. The molecule has 0 saturated carbocycles. The second-order valence-corrected chi connectivity index (χ2v) is 15.4. The largest absolute Gasteiger partial charge is 0.472 e. The third kappa shape index (κ3) is 37.5. The second kappa shape index (κ2) is 33.6. The number of rotatable bonds is 35. The van der Waals surface area contributed by atoms with Crippen LogP contribution in [0.4, 0.5) is 0 Å². The molecule has 0 aromatic heterocycles. The lowest BCUT2D eigenvalue weighted by Crippen LogP contribution is -2.37. The van der Waals surface area contributed by atoms with Crippen LogP contribution in [-0.4, -0.2) is 75.6 Å². The van der Waals surface area contributed by atoms with E-state index >= 15 is 0 Å². The van der Waals surface area contributed by atoms with Crippen molar-refractivity contribution in [2.75, 3.05) is 54.1 Å². The molecule has 0 radical (unpaired) electrons. The summed E-state index contributed by atoms with van der Waals surface area (Å²) in [5.74, 6) is -0.347. The average molecular weight is 713 g/mol. The molecule has 0 fully saturated rings. The molecule has 0 aliphatic rings. The van der Waals surface area contributed by atoms with Crippen LogP contribution < -0.4 is 0 Å². The number of phosphoric acid groups is 1. The Morgan fingerprint density at radius 1 is 0.653 bits per heavy atom. The Morgan fingerprint density at radius 2 is 1.18 bits per heavy atom. The molecule has 0 bridgehead atoms. The summed E-state index contributed by atoms with van der Waals surface area (Å²) >= 11 is 0. The Hall–Kier alpha value is -1.54. The number of allylic oxidation sites excluding steroid dienone is 8. The van der Waals surface area contributed by atoms with Crippen molar-refractivity contribution in [3.63, 3.8) is 0 Å². The highest BCUT2D eigenvalue weighted by atomic mass is 31.2. The van der Waals surface area contributed by atoms with E-state index in [1.54, 1.807) is 0 Å². The zero-order valence-electron chi connectivity index (χ0n) is 32.2. The average Bonchev–Trinajstić information content (AvgIpc) is 3.04. The van der Waals surface area contributed by atoms with Crippen LogP contribution in [0, 0.1) is 0 Å². The maximum Gasteiger partial charge on any atom is 0.472 e. The third-order valence-corrected chi connectivity index (χ3v) is 8.86. The van der Waals surface area contributed by atoms with Gasteiger partial charge in [0.25, 0.3) is 0 Å². The molecule has 1 N–H and O–H groups in total. The van der Waals surface area contributed by atoms with Crippen LogP contribution in [0.5, 0.6) is 0 Å². The number of ether oxygens (including phenoxy) is 2. The summed E-state index contributed by atoms with van der Waals surface area (Å²) in [6, 6.07) is 0. The maximum absolute atomic E-state index is 12.6. The first-order valence-electron chi connectivity index (χ1n) is 19.4. The molecule has 0 saturated heterocycles. The molecule has 8 nitrogen and oxygen atoms in total. The van der Waals surface area contributed by atoms with Gasteiger partial charge in [-0.3, -0.25) is 13.8 Å². The first kappa shape index (κ1) is 47.5. The van der Waals surface area contributed by atoms with E-state index in [1.165, 1.54) is 64.2 Å². The van der Waals surface area contributed by atoms with Crippen LogP contribution in [0.25, 0.3) is 0 Å². The van der Waals surface area contributed by atoms with Gasteiger partial charge in [0, 0.05) is 13.0 Å². The van der Waals surface area contributed by atoms with Crippen molar-refractivity contribution in [2.24, 2.45) is 0 Å². The zero-order valence-corrected chi connectivity index (χ0v) is 33.1. The van der Waals surface area contributed by atoms with Gasteiger partial charge in [0.1, 0.15) is 19.3 Å². The Labute approximate surface area is 301 Å².